The number of hydrogen-bond acceptors (Lipinski definition) is 2. The number of ether oxygens (including phenoxy) is 1. The molecule has 1 aliphatic heterocycles. The SMILES string of the molecule is CCc1cccc2c3c(n(C)c12)C(CC)(CCO)OCC3. The molecule has 0 bridgehead atoms. The minimum absolute atomic E-state index is 0.162. The normalized spacial score (nSPS) is 21.7. The fourth-order valence-corrected chi connectivity index (χ4v) is 4.03. The third-order valence-electron chi connectivity index (χ3n) is 5.03. The Labute approximate surface area is 126 Å². The molecule has 2 aromatic rings. The van der Waals surface area contributed by atoms with Gasteiger partial charge in [-0.05, 0) is 30.4 Å². The Morgan fingerprint density at radius 2 is 2.14 bits per heavy atom. The van der Waals surface area contributed by atoms with E-state index in [4.69, 9.17) is 4.74 Å². The quantitative estimate of drug-likeness (QED) is 0.936. The van der Waals surface area contributed by atoms with E-state index in [-0.39, 0.29) is 12.2 Å². The lowest BCUT2D eigenvalue weighted by atomic mass is 9.86. The van der Waals surface area contributed by atoms with E-state index in [1.54, 1.807) is 0 Å². The summed E-state index contributed by atoms with van der Waals surface area (Å²) < 4.78 is 8.51. The van der Waals surface area contributed by atoms with Crippen molar-refractivity contribution in [2.45, 2.75) is 45.1 Å². The summed E-state index contributed by atoms with van der Waals surface area (Å²) in [5.74, 6) is 0. The molecule has 0 aliphatic carbocycles. The van der Waals surface area contributed by atoms with Crippen molar-refractivity contribution in [3.63, 3.8) is 0 Å². The lowest BCUT2D eigenvalue weighted by Crippen LogP contribution is -2.37. The lowest BCUT2D eigenvalue weighted by molar-refractivity contribution is -0.0816. The van der Waals surface area contributed by atoms with Gasteiger partial charge in [-0.15, -0.1) is 0 Å². The van der Waals surface area contributed by atoms with E-state index in [2.05, 4.69) is 43.7 Å². The predicted molar refractivity (Wildman–Crippen MR) is 85.6 cm³/mol. The molecule has 0 spiro atoms. The van der Waals surface area contributed by atoms with Crippen molar-refractivity contribution in [3.8, 4) is 0 Å². The standard InChI is InChI=1S/C18H25NO2/c1-4-13-7-6-8-14-15-9-12-21-18(5-2,10-11-20)17(15)19(3)16(13)14/h6-8,20H,4-5,9-12H2,1-3H3. The summed E-state index contributed by atoms with van der Waals surface area (Å²) in [7, 11) is 2.15. The van der Waals surface area contributed by atoms with Crippen molar-refractivity contribution in [3.05, 3.63) is 35.0 Å². The molecule has 3 rings (SSSR count). The van der Waals surface area contributed by atoms with Crippen LogP contribution in [0.5, 0.6) is 0 Å². The number of benzene rings is 1. The minimum atomic E-state index is -0.332. The van der Waals surface area contributed by atoms with Gasteiger partial charge < -0.3 is 14.4 Å². The zero-order chi connectivity index (χ0) is 15.0. The number of aliphatic hydroxyl groups excluding tert-OH is 1. The summed E-state index contributed by atoms with van der Waals surface area (Å²) in [4.78, 5) is 0. The largest absolute Gasteiger partial charge is 0.396 e. The smallest absolute Gasteiger partial charge is 0.110 e. The first kappa shape index (κ1) is 14.6. The summed E-state index contributed by atoms with van der Waals surface area (Å²) in [6.07, 6.45) is 3.56. The summed E-state index contributed by atoms with van der Waals surface area (Å²) in [5.41, 5.74) is 5.09. The van der Waals surface area contributed by atoms with Crippen LogP contribution in [0.4, 0.5) is 0 Å². The van der Waals surface area contributed by atoms with Gasteiger partial charge in [0.1, 0.15) is 5.60 Å². The first-order valence-corrected chi connectivity index (χ1v) is 8.03. The highest BCUT2D eigenvalue weighted by Gasteiger charge is 2.39. The topological polar surface area (TPSA) is 34.4 Å². The Morgan fingerprint density at radius 3 is 2.81 bits per heavy atom. The Kier molecular flexibility index (Phi) is 3.80. The van der Waals surface area contributed by atoms with Crippen LogP contribution in [0, 0.1) is 0 Å². The molecular weight excluding hydrogens is 262 g/mol. The van der Waals surface area contributed by atoms with Crippen LogP contribution in [0.1, 0.15) is 43.5 Å². The highest BCUT2D eigenvalue weighted by molar-refractivity contribution is 5.89. The van der Waals surface area contributed by atoms with E-state index in [9.17, 15) is 5.11 Å². The molecule has 1 unspecified atom stereocenters. The number of para-hydroxylation sites is 1. The van der Waals surface area contributed by atoms with Crippen LogP contribution in [-0.2, 0) is 30.2 Å². The number of aryl methyl sites for hydroxylation is 2. The van der Waals surface area contributed by atoms with Crippen LogP contribution < -0.4 is 0 Å². The number of aliphatic hydroxyl groups is 1. The molecule has 0 saturated heterocycles. The van der Waals surface area contributed by atoms with Gasteiger partial charge in [0.25, 0.3) is 0 Å². The first-order valence-electron chi connectivity index (χ1n) is 8.03. The average Bonchev–Trinajstić information content (AvgIpc) is 2.82. The van der Waals surface area contributed by atoms with Crippen molar-refractivity contribution in [2.75, 3.05) is 13.2 Å². The maximum Gasteiger partial charge on any atom is 0.110 e. The van der Waals surface area contributed by atoms with Crippen LogP contribution in [0.3, 0.4) is 0 Å². The number of nitrogens with zero attached hydrogens (tertiary/aromatic N) is 1. The number of rotatable bonds is 4. The van der Waals surface area contributed by atoms with Crippen molar-refractivity contribution >= 4 is 10.9 Å². The molecule has 0 saturated carbocycles. The molecule has 1 aliphatic rings. The Balaban J connectivity index is 2.33. The summed E-state index contributed by atoms with van der Waals surface area (Å²) >= 11 is 0. The molecule has 1 N–H and O–H groups in total. The van der Waals surface area contributed by atoms with Crippen LogP contribution >= 0.6 is 0 Å². The zero-order valence-corrected chi connectivity index (χ0v) is 13.3. The fraction of sp³-hybridized carbons (Fsp3) is 0.556. The molecular formula is C18H25NO2. The molecule has 1 atom stereocenters. The van der Waals surface area contributed by atoms with Gasteiger partial charge in [-0.3, -0.25) is 0 Å². The first-order chi connectivity index (χ1) is 10.2. The third kappa shape index (κ3) is 2.02. The van der Waals surface area contributed by atoms with Crippen LogP contribution in [0.2, 0.25) is 0 Å². The maximum absolute atomic E-state index is 9.52. The molecule has 1 aromatic heterocycles. The van der Waals surface area contributed by atoms with Gasteiger partial charge in [0.2, 0.25) is 0 Å². The number of aromatic nitrogens is 1. The van der Waals surface area contributed by atoms with E-state index in [0.29, 0.717) is 6.42 Å². The van der Waals surface area contributed by atoms with Crippen molar-refractivity contribution in [1.29, 1.82) is 0 Å². The number of fused-ring (bicyclic) bond motifs is 3. The van der Waals surface area contributed by atoms with E-state index in [0.717, 1.165) is 25.9 Å². The second-order valence-electron chi connectivity index (χ2n) is 5.97. The zero-order valence-electron chi connectivity index (χ0n) is 13.3. The monoisotopic (exact) mass is 287 g/mol. The minimum Gasteiger partial charge on any atom is -0.396 e. The molecule has 21 heavy (non-hydrogen) atoms. The van der Waals surface area contributed by atoms with Gasteiger partial charge in [-0.25, -0.2) is 0 Å². The third-order valence-corrected chi connectivity index (χ3v) is 5.03. The molecule has 3 heteroatoms. The Bertz CT molecular complexity index is 659. The van der Waals surface area contributed by atoms with Crippen molar-refractivity contribution in [1.82, 2.24) is 4.57 Å². The van der Waals surface area contributed by atoms with Gasteiger partial charge in [0, 0.05) is 25.5 Å². The second-order valence-corrected chi connectivity index (χ2v) is 5.97. The van der Waals surface area contributed by atoms with Gasteiger partial charge in [-0.2, -0.15) is 0 Å². The number of hydrogen-bond donors (Lipinski definition) is 1. The van der Waals surface area contributed by atoms with E-state index in [1.165, 1.54) is 27.7 Å². The predicted octanol–water partition coefficient (Wildman–Crippen LogP) is 3.30. The molecule has 0 radical (unpaired) electrons. The highest BCUT2D eigenvalue weighted by atomic mass is 16.5. The molecule has 1 aromatic carbocycles. The van der Waals surface area contributed by atoms with Gasteiger partial charge in [-0.1, -0.05) is 32.0 Å². The Hall–Kier alpha value is -1.32. The van der Waals surface area contributed by atoms with E-state index in [1.807, 2.05) is 0 Å². The van der Waals surface area contributed by atoms with Gasteiger partial charge in [0.15, 0.2) is 0 Å². The fourth-order valence-electron chi connectivity index (χ4n) is 4.03. The summed E-state index contributed by atoms with van der Waals surface area (Å²) in [6, 6.07) is 6.61. The lowest BCUT2D eigenvalue weighted by Gasteiger charge is -2.37. The molecule has 3 nitrogen and oxygen atoms in total. The molecule has 0 fully saturated rings. The summed E-state index contributed by atoms with van der Waals surface area (Å²) in [6.45, 7) is 5.27. The summed E-state index contributed by atoms with van der Waals surface area (Å²) in [5, 5.41) is 10.9. The van der Waals surface area contributed by atoms with Crippen LogP contribution in [0.25, 0.3) is 10.9 Å². The van der Waals surface area contributed by atoms with Gasteiger partial charge in [0.05, 0.1) is 17.8 Å². The van der Waals surface area contributed by atoms with E-state index >= 15 is 0 Å². The van der Waals surface area contributed by atoms with E-state index < -0.39 is 0 Å². The molecule has 114 valence electrons. The Morgan fingerprint density at radius 1 is 1.33 bits per heavy atom. The van der Waals surface area contributed by atoms with Gasteiger partial charge >= 0.3 is 0 Å². The maximum atomic E-state index is 9.52. The second kappa shape index (κ2) is 5.47. The van der Waals surface area contributed by atoms with Crippen LogP contribution in [-0.4, -0.2) is 22.9 Å². The molecule has 0 amide bonds. The van der Waals surface area contributed by atoms with Crippen molar-refractivity contribution < 1.29 is 9.84 Å². The van der Waals surface area contributed by atoms with Crippen molar-refractivity contribution in [2.24, 2.45) is 7.05 Å². The average molecular weight is 287 g/mol. The molecule has 2 heterocycles. The highest BCUT2D eigenvalue weighted by Crippen LogP contribution is 2.43. The van der Waals surface area contributed by atoms with Crippen LogP contribution in [0.15, 0.2) is 18.2 Å².